The van der Waals surface area contributed by atoms with Gasteiger partial charge in [-0.2, -0.15) is 0 Å². The Morgan fingerprint density at radius 3 is 1.68 bits per heavy atom. The van der Waals surface area contributed by atoms with Crippen LogP contribution in [0.5, 0.6) is 17.2 Å². The molecule has 0 saturated carbocycles. The van der Waals surface area contributed by atoms with E-state index < -0.39 is 17.9 Å². The predicted molar refractivity (Wildman–Crippen MR) is 93.2 cm³/mol. The first kappa shape index (κ1) is 18.7. The van der Waals surface area contributed by atoms with Gasteiger partial charge in [0.25, 0.3) is 0 Å². The summed E-state index contributed by atoms with van der Waals surface area (Å²) >= 11 is 1.58. The number of thiophene rings is 1. The summed E-state index contributed by atoms with van der Waals surface area (Å²) in [6.45, 7) is 7.63. The number of hydrogen-bond donors (Lipinski definition) is 0. The van der Waals surface area contributed by atoms with Gasteiger partial charge in [-0.05, 0) is 48.1 Å². The van der Waals surface area contributed by atoms with E-state index in [2.05, 4.69) is 0 Å². The quantitative estimate of drug-likeness (QED) is 0.608. The number of aryl methyl sites for hydroxylation is 1. The molecule has 2 rings (SSSR count). The lowest BCUT2D eigenvalue weighted by atomic mass is 10.0. The Morgan fingerprint density at radius 2 is 1.32 bits per heavy atom. The Hall–Kier alpha value is -2.67. The van der Waals surface area contributed by atoms with Gasteiger partial charge < -0.3 is 14.2 Å². The highest BCUT2D eigenvalue weighted by molar-refractivity contribution is 7.10. The largest absolute Gasteiger partial charge is 0.423 e. The number of ether oxygens (including phenoxy) is 3. The van der Waals surface area contributed by atoms with E-state index in [1.54, 1.807) is 23.5 Å². The average molecular weight is 362 g/mol. The number of benzene rings is 1. The van der Waals surface area contributed by atoms with Gasteiger partial charge in [-0.3, -0.25) is 14.4 Å². The van der Waals surface area contributed by atoms with Gasteiger partial charge in [-0.15, -0.1) is 11.3 Å². The second-order valence-corrected chi connectivity index (χ2v) is 6.50. The molecule has 0 saturated heterocycles. The molecule has 1 aromatic heterocycles. The summed E-state index contributed by atoms with van der Waals surface area (Å²) in [6, 6.07) is 3.17. The Morgan fingerprint density at radius 1 is 0.840 bits per heavy atom. The van der Waals surface area contributed by atoms with E-state index >= 15 is 0 Å². The average Bonchev–Trinajstić information content (AvgIpc) is 2.80. The first-order valence-corrected chi connectivity index (χ1v) is 8.35. The first-order chi connectivity index (χ1) is 11.7. The molecule has 0 amide bonds. The van der Waals surface area contributed by atoms with Crippen LogP contribution in [0.1, 0.15) is 31.2 Å². The third-order valence-corrected chi connectivity index (χ3v) is 4.38. The Labute approximate surface area is 149 Å². The van der Waals surface area contributed by atoms with E-state index in [0.29, 0.717) is 5.56 Å². The fraction of sp³-hybridized carbons (Fsp3) is 0.278. The molecule has 0 atom stereocenters. The van der Waals surface area contributed by atoms with Crippen LogP contribution in [0.15, 0.2) is 17.5 Å². The standard InChI is InChI=1S/C18H18O6S/c1-9-10(2)25-8-15(9)14-6-16(22-11(3)19)18(24-13(5)21)17(7-14)23-12(4)20/h6-8H,1-5H3. The van der Waals surface area contributed by atoms with E-state index in [4.69, 9.17) is 14.2 Å². The summed E-state index contributed by atoms with van der Waals surface area (Å²) in [4.78, 5) is 35.4. The van der Waals surface area contributed by atoms with Gasteiger partial charge in [0.2, 0.25) is 5.75 Å². The summed E-state index contributed by atoms with van der Waals surface area (Å²) < 4.78 is 15.5. The lowest BCUT2D eigenvalue weighted by Gasteiger charge is -2.15. The lowest BCUT2D eigenvalue weighted by molar-refractivity contribution is -0.135. The highest BCUT2D eigenvalue weighted by Gasteiger charge is 2.21. The van der Waals surface area contributed by atoms with Crippen LogP contribution in [0.25, 0.3) is 11.1 Å². The SMILES string of the molecule is CC(=O)Oc1cc(-c2csc(C)c2C)cc(OC(C)=O)c1OC(C)=O. The molecule has 6 nitrogen and oxygen atoms in total. The maximum atomic E-state index is 11.4. The van der Waals surface area contributed by atoms with Crippen molar-refractivity contribution in [3.05, 3.63) is 28.0 Å². The number of carbonyl (C=O) groups is 3. The fourth-order valence-corrected chi connectivity index (χ4v) is 3.13. The summed E-state index contributed by atoms with van der Waals surface area (Å²) in [5, 5.41) is 1.96. The van der Waals surface area contributed by atoms with E-state index in [-0.39, 0.29) is 17.2 Å². The zero-order valence-electron chi connectivity index (χ0n) is 14.6. The minimum Gasteiger partial charge on any atom is -0.423 e. The molecule has 0 radical (unpaired) electrons. The summed E-state index contributed by atoms with van der Waals surface area (Å²) in [6.07, 6.45) is 0. The van der Waals surface area contributed by atoms with Crippen molar-refractivity contribution < 1.29 is 28.6 Å². The molecule has 0 fully saturated rings. The van der Waals surface area contributed by atoms with Crippen molar-refractivity contribution in [1.29, 1.82) is 0 Å². The van der Waals surface area contributed by atoms with Gasteiger partial charge in [0, 0.05) is 25.6 Å². The van der Waals surface area contributed by atoms with Crippen LogP contribution in [-0.2, 0) is 14.4 Å². The smallest absolute Gasteiger partial charge is 0.308 e. The molecule has 0 spiro atoms. The molecule has 2 aromatic rings. The van der Waals surface area contributed by atoms with E-state index in [1.165, 1.54) is 20.8 Å². The molecule has 25 heavy (non-hydrogen) atoms. The van der Waals surface area contributed by atoms with Crippen molar-refractivity contribution in [2.24, 2.45) is 0 Å². The van der Waals surface area contributed by atoms with Crippen LogP contribution < -0.4 is 14.2 Å². The zero-order valence-corrected chi connectivity index (χ0v) is 15.4. The first-order valence-electron chi connectivity index (χ1n) is 7.47. The molecule has 1 aromatic carbocycles. The van der Waals surface area contributed by atoms with Crippen molar-refractivity contribution in [3.8, 4) is 28.4 Å². The molecule has 0 aliphatic carbocycles. The zero-order chi connectivity index (χ0) is 18.7. The normalized spacial score (nSPS) is 10.3. The van der Waals surface area contributed by atoms with E-state index in [9.17, 15) is 14.4 Å². The van der Waals surface area contributed by atoms with Gasteiger partial charge in [0.15, 0.2) is 11.5 Å². The molecule has 7 heteroatoms. The molecule has 0 aliphatic heterocycles. The molecular formula is C18H18O6S. The lowest BCUT2D eigenvalue weighted by Crippen LogP contribution is -2.10. The third kappa shape index (κ3) is 4.45. The van der Waals surface area contributed by atoms with Crippen LogP contribution in [-0.4, -0.2) is 17.9 Å². The minimum absolute atomic E-state index is 0.0136. The number of hydrogen-bond acceptors (Lipinski definition) is 7. The van der Waals surface area contributed by atoms with Crippen LogP contribution in [0, 0.1) is 13.8 Å². The number of rotatable bonds is 4. The highest BCUT2D eigenvalue weighted by Crippen LogP contribution is 2.43. The van der Waals surface area contributed by atoms with Gasteiger partial charge in [0.1, 0.15) is 0 Å². The second kappa shape index (κ2) is 7.48. The highest BCUT2D eigenvalue weighted by atomic mass is 32.1. The van der Waals surface area contributed by atoms with Crippen LogP contribution in [0.2, 0.25) is 0 Å². The number of esters is 3. The van der Waals surface area contributed by atoms with E-state index in [1.807, 2.05) is 19.2 Å². The maximum absolute atomic E-state index is 11.4. The maximum Gasteiger partial charge on any atom is 0.308 e. The Balaban J connectivity index is 2.69. The van der Waals surface area contributed by atoms with Gasteiger partial charge in [0.05, 0.1) is 0 Å². The van der Waals surface area contributed by atoms with E-state index in [0.717, 1.165) is 16.0 Å². The van der Waals surface area contributed by atoms with Gasteiger partial charge >= 0.3 is 17.9 Å². The number of carbonyl (C=O) groups excluding carboxylic acids is 3. The molecule has 0 aliphatic rings. The van der Waals surface area contributed by atoms with Crippen molar-refractivity contribution in [2.75, 3.05) is 0 Å². The minimum atomic E-state index is -0.628. The topological polar surface area (TPSA) is 78.9 Å². The molecule has 1 heterocycles. The summed E-state index contributed by atoms with van der Waals surface area (Å²) in [7, 11) is 0. The molecule has 0 bridgehead atoms. The summed E-state index contributed by atoms with van der Waals surface area (Å²) in [5.41, 5.74) is 2.66. The second-order valence-electron chi connectivity index (χ2n) is 5.41. The van der Waals surface area contributed by atoms with Crippen LogP contribution >= 0.6 is 11.3 Å². The van der Waals surface area contributed by atoms with Crippen LogP contribution in [0.3, 0.4) is 0 Å². The Bertz CT molecular complexity index is 812. The van der Waals surface area contributed by atoms with Crippen molar-refractivity contribution >= 4 is 29.2 Å². The van der Waals surface area contributed by atoms with Crippen LogP contribution in [0.4, 0.5) is 0 Å². The van der Waals surface area contributed by atoms with Gasteiger partial charge in [-0.25, -0.2) is 0 Å². The fourth-order valence-electron chi connectivity index (χ4n) is 2.24. The Kier molecular flexibility index (Phi) is 5.58. The van der Waals surface area contributed by atoms with Crippen molar-refractivity contribution in [3.63, 3.8) is 0 Å². The predicted octanol–water partition coefficient (Wildman–Crippen LogP) is 3.81. The van der Waals surface area contributed by atoms with Crippen molar-refractivity contribution in [2.45, 2.75) is 34.6 Å². The molecule has 0 unspecified atom stereocenters. The molecular weight excluding hydrogens is 344 g/mol. The third-order valence-electron chi connectivity index (χ3n) is 3.37. The van der Waals surface area contributed by atoms with Crippen molar-refractivity contribution in [1.82, 2.24) is 0 Å². The summed E-state index contributed by atoms with van der Waals surface area (Å²) in [5.74, 6) is -1.88. The monoisotopic (exact) mass is 362 g/mol. The molecule has 0 N–H and O–H groups in total. The molecule has 132 valence electrons. The van der Waals surface area contributed by atoms with Gasteiger partial charge in [-0.1, -0.05) is 0 Å².